The number of halogens is 1. The third kappa shape index (κ3) is 2.62. The van der Waals surface area contributed by atoms with Gasteiger partial charge in [0.2, 0.25) is 0 Å². The molecule has 0 fully saturated rings. The van der Waals surface area contributed by atoms with Gasteiger partial charge in [-0.05, 0) is 46.2 Å². The molecular weight excluding hydrogens is 275 g/mol. The minimum absolute atomic E-state index is 0.208. The number of fused-ring (bicyclic) bond motifs is 1. The van der Waals surface area contributed by atoms with Crippen LogP contribution in [0.1, 0.15) is 11.1 Å². The Hall–Kier alpha value is -2.55. The van der Waals surface area contributed by atoms with E-state index in [1.54, 1.807) is 12.1 Å². The van der Waals surface area contributed by atoms with Gasteiger partial charge in [0.05, 0.1) is 0 Å². The Balaban J connectivity index is 2.16. The van der Waals surface area contributed by atoms with Crippen LogP contribution < -0.4 is 10.6 Å². The van der Waals surface area contributed by atoms with Gasteiger partial charge in [-0.3, -0.25) is 0 Å². The van der Waals surface area contributed by atoms with Crippen LogP contribution >= 0.6 is 0 Å². The fourth-order valence-corrected chi connectivity index (χ4v) is 2.90. The molecule has 3 aromatic carbocycles. The molecule has 0 aromatic heterocycles. The molecule has 0 bridgehead atoms. The summed E-state index contributed by atoms with van der Waals surface area (Å²) in [6.07, 6.45) is 0.672. The van der Waals surface area contributed by atoms with Crippen LogP contribution in [0.4, 0.5) is 15.8 Å². The largest absolute Gasteiger partial charge is 0.388 e. The molecule has 2 N–H and O–H groups in total. The van der Waals surface area contributed by atoms with E-state index >= 15 is 0 Å². The van der Waals surface area contributed by atoms with Crippen LogP contribution in [0.5, 0.6) is 0 Å². The lowest BCUT2D eigenvalue weighted by Gasteiger charge is -2.15. The number of anilines is 2. The van der Waals surface area contributed by atoms with Gasteiger partial charge in [-0.2, -0.15) is 0 Å². The van der Waals surface area contributed by atoms with E-state index in [0.29, 0.717) is 6.42 Å². The Labute approximate surface area is 130 Å². The number of rotatable bonds is 4. The predicted octanol–water partition coefficient (Wildman–Crippen LogP) is 4.65. The van der Waals surface area contributed by atoms with Gasteiger partial charge < -0.3 is 10.6 Å². The molecule has 3 aromatic rings. The normalized spacial score (nSPS) is 10.7. The van der Waals surface area contributed by atoms with Crippen LogP contribution in [-0.2, 0) is 6.42 Å². The molecule has 22 heavy (non-hydrogen) atoms. The van der Waals surface area contributed by atoms with Crippen molar-refractivity contribution in [2.75, 3.05) is 24.7 Å². The maximum Gasteiger partial charge on any atom is 0.123 e. The van der Waals surface area contributed by atoms with E-state index in [1.807, 2.05) is 26.2 Å². The monoisotopic (exact) mass is 294 g/mol. The lowest BCUT2D eigenvalue weighted by molar-refractivity contribution is 0.626. The fraction of sp³-hybridized carbons (Fsp3) is 0.158. The van der Waals surface area contributed by atoms with Crippen LogP contribution in [0, 0.1) is 5.82 Å². The zero-order valence-electron chi connectivity index (χ0n) is 12.8. The van der Waals surface area contributed by atoms with Crippen LogP contribution in [0.2, 0.25) is 0 Å². The summed E-state index contributed by atoms with van der Waals surface area (Å²) in [6, 6.07) is 17.3. The van der Waals surface area contributed by atoms with Crippen LogP contribution in [0.25, 0.3) is 10.8 Å². The second-order valence-corrected chi connectivity index (χ2v) is 5.29. The quantitative estimate of drug-likeness (QED) is 0.731. The van der Waals surface area contributed by atoms with Gasteiger partial charge in [-0.15, -0.1) is 0 Å². The average molecular weight is 294 g/mol. The Bertz CT molecular complexity index is 812. The average Bonchev–Trinajstić information content (AvgIpc) is 2.55. The van der Waals surface area contributed by atoms with Gasteiger partial charge in [0, 0.05) is 31.9 Å². The molecule has 0 spiro atoms. The number of nitrogens with one attached hydrogen (secondary N) is 2. The third-order valence-electron chi connectivity index (χ3n) is 4.01. The van der Waals surface area contributed by atoms with Crippen molar-refractivity contribution in [3.8, 4) is 0 Å². The van der Waals surface area contributed by atoms with Crippen molar-refractivity contribution in [2.24, 2.45) is 0 Å². The molecule has 112 valence electrons. The minimum atomic E-state index is -0.208. The summed E-state index contributed by atoms with van der Waals surface area (Å²) in [5.74, 6) is -0.208. The van der Waals surface area contributed by atoms with Gasteiger partial charge in [0.1, 0.15) is 5.82 Å². The highest BCUT2D eigenvalue weighted by atomic mass is 19.1. The van der Waals surface area contributed by atoms with E-state index in [-0.39, 0.29) is 5.82 Å². The van der Waals surface area contributed by atoms with Gasteiger partial charge >= 0.3 is 0 Å². The molecule has 2 nitrogen and oxygen atoms in total. The van der Waals surface area contributed by atoms with Crippen molar-refractivity contribution >= 4 is 22.1 Å². The number of benzene rings is 3. The first-order chi connectivity index (χ1) is 10.7. The zero-order valence-corrected chi connectivity index (χ0v) is 12.8. The van der Waals surface area contributed by atoms with E-state index in [1.165, 1.54) is 22.4 Å². The van der Waals surface area contributed by atoms with E-state index in [4.69, 9.17) is 0 Å². The second kappa shape index (κ2) is 6.06. The first-order valence-corrected chi connectivity index (χ1v) is 7.37. The SMILES string of the molecule is CNc1ccc(F)cc1Cc1c(NC)ccc2ccccc12. The molecule has 0 amide bonds. The first-order valence-electron chi connectivity index (χ1n) is 7.37. The molecule has 0 saturated heterocycles. The van der Waals surface area contributed by atoms with Crippen molar-refractivity contribution in [1.29, 1.82) is 0 Å². The molecule has 3 rings (SSSR count). The smallest absolute Gasteiger partial charge is 0.123 e. The van der Waals surface area contributed by atoms with Gasteiger partial charge in [0.15, 0.2) is 0 Å². The van der Waals surface area contributed by atoms with Crippen LogP contribution in [0.3, 0.4) is 0 Å². The molecule has 0 atom stereocenters. The topological polar surface area (TPSA) is 24.1 Å². The maximum atomic E-state index is 13.6. The van der Waals surface area contributed by atoms with Gasteiger partial charge in [-0.25, -0.2) is 4.39 Å². The summed E-state index contributed by atoms with van der Waals surface area (Å²) in [5.41, 5.74) is 4.17. The van der Waals surface area contributed by atoms with Crippen molar-refractivity contribution in [3.05, 3.63) is 71.5 Å². The van der Waals surface area contributed by atoms with E-state index in [2.05, 4.69) is 34.9 Å². The summed E-state index contributed by atoms with van der Waals surface area (Å²) < 4.78 is 13.6. The number of hydrogen-bond acceptors (Lipinski definition) is 2. The highest BCUT2D eigenvalue weighted by molar-refractivity contribution is 5.90. The molecule has 0 radical (unpaired) electrons. The Morgan fingerprint density at radius 3 is 2.36 bits per heavy atom. The lowest BCUT2D eigenvalue weighted by atomic mass is 9.95. The van der Waals surface area contributed by atoms with Crippen LogP contribution in [-0.4, -0.2) is 14.1 Å². The first kappa shape index (κ1) is 14.4. The molecule has 0 aliphatic rings. The summed E-state index contributed by atoms with van der Waals surface area (Å²) in [6.45, 7) is 0. The summed E-state index contributed by atoms with van der Waals surface area (Å²) in [5, 5.41) is 8.78. The minimum Gasteiger partial charge on any atom is -0.388 e. The van der Waals surface area contributed by atoms with Gasteiger partial charge in [-0.1, -0.05) is 30.3 Å². The Morgan fingerprint density at radius 2 is 1.59 bits per heavy atom. The van der Waals surface area contributed by atoms with Crippen molar-refractivity contribution in [2.45, 2.75) is 6.42 Å². The summed E-state index contributed by atoms with van der Waals surface area (Å²) in [7, 11) is 3.77. The Kier molecular flexibility index (Phi) is 3.96. The summed E-state index contributed by atoms with van der Waals surface area (Å²) in [4.78, 5) is 0. The molecule has 0 aliphatic heterocycles. The maximum absolute atomic E-state index is 13.6. The molecule has 0 unspecified atom stereocenters. The van der Waals surface area contributed by atoms with Crippen molar-refractivity contribution < 1.29 is 4.39 Å². The molecule has 0 heterocycles. The third-order valence-corrected chi connectivity index (χ3v) is 4.01. The summed E-state index contributed by atoms with van der Waals surface area (Å²) >= 11 is 0. The standard InChI is InChI=1S/C19H19FN2/c1-21-18-10-8-15(20)11-14(18)12-17-16-6-4-3-5-13(16)7-9-19(17)22-2/h3-11,21-22H,12H2,1-2H3. The van der Waals surface area contributed by atoms with Crippen molar-refractivity contribution in [1.82, 2.24) is 0 Å². The highest BCUT2D eigenvalue weighted by Crippen LogP contribution is 2.30. The van der Waals surface area contributed by atoms with Crippen molar-refractivity contribution in [3.63, 3.8) is 0 Å². The molecule has 3 heteroatoms. The van der Waals surface area contributed by atoms with E-state index in [0.717, 1.165) is 16.9 Å². The Morgan fingerprint density at radius 1 is 0.864 bits per heavy atom. The zero-order chi connectivity index (χ0) is 15.5. The fourth-order valence-electron chi connectivity index (χ4n) is 2.90. The van der Waals surface area contributed by atoms with Crippen LogP contribution in [0.15, 0.2) is 54.6 Å². The molecule has 0 saturated carbocycles. The lowest BCUT2D eigenvalue weighted by Crippen LogP contribution is -2.01. The second-order valence-electron chi connectivity index (χ2n) is 5.29. The predicted molar refractivity (Wildman–Crippen MR) is 92.2 cm³/mol. The van der Waals surface area contributed by atoms with E-state index < -0.39 is 0 Å². The van der Waals surface area contributed by atoms with E-state index in [9.17, 15) is 4.39 Å². The van der Waals surface area contributed by atoms with Gasteiger partial charge in [0.25, 0.3) is 0 Å². The number of hydrogen-bond donors (Lipinski definition) is 2. The molecule has 0 aliphatic carbocycles. The highest BCUT2D eigenvalue weighted by Gasteiger charge is 2.11. The molecular formula is C19H19FN2.